The Hall–Kier alpha value is -3.60. The van der Waals surface area contributed by atoms with E-state index in [2.05, 4.69) is 16.4 Å². The fraction of sp³-hybridized carbons (Fsp3) is 0.300. The number of rotatable bonds is 4. The van der Waals surface area contributed by atoms with Crippen LogP contribution in [0.4, 0.5) is 16.2 Å². The maximum Gasteiger partial charge on any atom is 0.409 e. The average Bonchev–Trinajstić information content (AvgIpc) is 2.74. The van der Waals surface area contributed by atoms with E-state index in [0.717, 1.165) is 5.69 Å². The second kappa shape index (κ2) is 8.86. The van der Waals surface area contributed by atoms with Crippen molar-refractivity contribution in [1.29, 1.82) is 5.26 Å². The fourth-order valence-corrected chi connectivity index (χ4v) is 2.93. The van der Waals surface area contributed by atoms with E-state index >= 15 is 0 Å². The molecule has 2 amide bonds. The van der Waals surface area contributed by atoms with E-state index in [1.807, 2.05) is 6.07 Å². The van der Waals surface area contributed by atoms with Crippen molar-refractivity contribution in [1.82, 2.24) is 14.8 Å². The van der Waals surface area contributed by atoms with Gasteiger partial charge in [-0.2, -0.15) is 5.26 Å². The third-order valence-electron chi connectivity index (χ3n) is 4.35. The van der Waals surface area contributed by atoms with Gasteiger partial charge in [0.25, 0.3) is 5.91 Å². The van der Waals surface area contributed by atoms with Crippen molar-refractivity contribution < 1.29 is 14.3 Å². The Morgan fingerprint density at radius 2 is 1.86 bits per heavy atom. The van der Waals surface area contributed by atoms with Crippen LogP contribution in [0.3, 0.4) is 0 Å². The van der Waals surface area contributed by atoms with Crippen molar-refractivity contribution in [3.8, 4) is 6.07 Å². The second-order valence-electron chi connectivity index (χ2n) is 6.23. The average molecular weight is 379 g/mol. The molecule has 2 heterocycles. The number of benzene rings is 1. The van der Waals surface area contributed by atoms with Gasteiger partial charge in [0.1, 0.15) is 5.69 Å². The minimum Gasteiger partial charge on any atom is -0.450 e. The number of piperazine rings is 1. The van der Waals surface area contributed by atoms with Crippen molar-refractivity contribution in [3.63, 3.8) is 0 Å². The first kappa shape index (κ1) is 19.2. The molecule has 1 saturated heterocycles. The van der Waals surface area contributed by atoms with Gasteiger partial charge in [0.2, 0.25) is 0 Å². The molecule has 0 radical (unpaired) electrons. The third-order valence-corrected chi connectivity index (χ3v) is 4.35. The van der Waals surface area contributed by atoms with Gasteiger partial charge in [0.15, 0.2) is 0 Å². The molecular formula is C20H21N5O3. The number of nitrogens with one attached hydrogen (secondary N) is 1. The Bertz CT molecular complexity index is 901. The molecule has 8 nitrogen and oxygen atoms in total. The van der Waals surface area contributed by atoms with Gasteiger partial charge in [0.05, 0.1) is 18.2 Å². The predicted octanol–water partition coefficient (Wildman–Crippen LogP) is 2.61. The standard InChI is InChI=1S/C20H21N5O3/c1-2-28-20(27)25-10-8-24(9-11-25)19(26)18-13-17(6-7-22-18)23-16-5-3-4-15(12-16)14-21/h3-7,12-13H,2,8-11H2,1H3,(H,22,23). The van der Waals surface area contributed by atoms with E-state index in [-0.39, 0.29) is 12.0 Å². The Morgan fingerprint density at radius 1 is 1.14 bits per heavy atom. The Balaban J connectivity index is 1.64. The molecule has 1 aliphatic heterocycles. The quantitative estimate of drug-likeness (QED) is 0.877. The predicted molar refractivity (Wildman–Crippen MR) is 103 cm³/mol. The first-order valence-electron chi connectivity index (χ1n) is 9.05. The summed E-state index contributed by atoms with van der Waals surface area (Å²) in [6.45, 7) is 3.83. The van der Waals surface area contributed by atoms with Gasteiger partial charge in [-0.1, -0.05) is 6.07 Å². The zero-order chi connectivity index (χ0) is 19.9. The second-order valence-corrected chi connectivity index (χ2v) is 6.23. The minimum absolute atomic E-state index is 0.182. The molecular weight excluding hydrogens is 358 g/mol. The normalized spacial score (nSPS) is 13.6. The van der Waals surface area contributed by atoms with Gasteiger partial charge in [0, 0.05) is 43.8 Å². The van der Waals surface area contributed by atoms with Crippen LogP contribution in [0.5, 0.6) is 0 Å². The number of aromatic nitrogens is 1. The minimum atomic E-state index is -0.349. The summed E-state index contributed by atoms with van der Waals surface area (Å²) in [5.74, 6) is -0.182. The Morgan fingerprint density at radius 3 is 2.57 bits per heavy atom. The molecule has 1 fully saturated rings. The summed E-state index contributed by atoms with van der Waals surface area (Å²) in [5, 5.41) is 12.2. The molecule has 8 heteroatoms. The van der Waals surface area contributed by atoms with Crippen molar-refractivity contribution in [2.45, 2.75) is 6.92 Å². The zero-order valence-electron chi connectivity index (χ0n) is 15.6. The van der Waals surface area contributed by atoms with E-state index in [1.165, 1.54) is 0 Å². The first-order chi connectivity index (χ1) is 13.6. The fourth-order valence-electron chi connectivity index (χ4n) is 2.93. The van der Waals surface area contributed by atoms with E-state index in [9.17, 15) is 9.59 Å². The number of anilines is 2. The van der Waals surface area contributed by atoms with Crippen molar-refractivity contribution >= 4 is 23.4 Å². The Labute approximate surface area is 163 Å². The number of amides is 2. The molecule has 0 spiro atoms. The number of ether oxygens (including phenoxy) is 1. The number of nitriles is 1. The van der Waals surface area contributed by atoms with Gasteiger partial charge in [-0.15, -0.1) is 0 Å². The molecule has 144 valence electrons. The van der Waals surface area contributed by atoms with Crippen molar-refractivity contribution in [2.24, 2.45) is 0 Å². The smallest absolute Gasteiger partial charge is 0.409 e. The van der Waals surface area contributed by atoms with Crippen LogP contribution in [-0.2, 0) is 4.74 Å². The molecule has 2 aromatic rings. The lowest BCUT2D eigenvalue weighted by Gasteiger charge is -2.33. The van der Waals surface area contributed by atoms with Crippen LogP contribution in [-0.4, -0.2) is 59.6 Å². The lowest BCUT2D eigenvalue weighted by atomic mass is 10.2. The highest BCUT2D eigenvalue weighted by Crippen LogP contribution is 2.19. The summed E-state index contributed by atoms with van der Waals surface area (Å²) in [6, 6.07) is 12.6. The number of carbonyl (C=O) groups is 2. The third kappa shape index (κ3) is 4.57. The summed E-state index contributed by atoms with van der Waals surface area (Å²) in [7, 11) is 0. The number of pyridine rings is 1. The van der Waals surface area contributed by atoms with Crippen LogP contribution in [0.15, 0.2) is 42.6 Å². The molecule has 1 aromatic carbocycles. The molecule has 0 unspecified atom stereocenters. The van der Waals surface area contributed by atoms with Gasteiger partial charge in [-0.05, 0) is 37.3 Å². The van der Waals surface area contributed by atoms with E-state index < -0.39 is 0 Å². The van der Waals surface area contributed by atoms with Crippen molar-refractivity contribution in [3.05, 3.63) is 53.9 Å². The SMILES string of the molecule is CCOC(=O)N1CCN(C(=O)c2cc(Nc3cccc(C#N)c3)ccn2)CC1. The maximum absolute atomic E-state index is 12.8. The largest absolute Gasteiger partial charge is 0.450 e. The van der Waals surface area contributed by atoms with E-state index in [4.69, 9.17) is 10.00 Å². The summed E-state index contributed by atoms with van der Waals surface area (Å²) >= 11 is 0. The van der Waals surface area contributed by atoms with Crippen LogP contribution >= 0.6 is 0 Å². The summed E-state index contributed by atoms with van der Waals surface area (Å²) < 4.78 is 4.99. The summed E-state index contributed by atoms with van der Waals surface area (Å²) in [5.41, 5.74) is 2.34. The lowest BCUT2D eigenvalue weighted by molar-refractivity contribution is 0.0566. The van der Waals surface area contributed by atoms with Crippen molar-refractivity contribution in [2.75, 3.05) is 38.1 Å². The monoisotopic (exact) mass is 379 g/mol. The van der Waals surface area contributed by atoms with Gasteiger partial charge >= 0.3 is 6.09 Å². The maximum atomic E-state index is 12.8. The molecule has 0 saturated carbocycles. The highest BCUT2D eigenvalue weighted by Gasteiger charge is 2.26. The number of hydrogen-bond donors (Lipinski definition) is 1. The van der Waals surface area contributed by atoms with E-state index in [0.29, 0.717) is 49.7 Å². The van der Waals surface area contributed by atoms with E-state index in [1.54, 1.807) is 53.3 Å². The highest BCUT2D eigenvalue weighted by atomic mass is 16.6. The molecule has 1 aromatic heterocycles. The van der Waals surface area contributed by atoms with Gasteiger partial charge in [-0.25, -0.2) is 4.79 Å². The molecule has 0 atom stereocenters. The number of nitrogens with zero attached hydrogens (tertiary/aromatic N) is 4. The topological polar surface area (TPSA) is 98.6 Å². The molecule has 1 aliphatic rings. The highest BCUT2D eigenvalue weighted by molar-refractivity contribution is 5.93. The summed E-state index contributed by atoms with van der Waals surface area (Å²) in [4.78, 5) is 32.0. The molecule has 28 heavy (non-hydrogen) atoms. The number of hydrogen-bond acceptors (Lipinski definition) is 6. The zero-order valence-corrected chi connectivity index (χ0v) is 15.6. The Kier molecular flexibility index (Phi) is 6.07. The number of carbonyl (C=O) groups excluding carboxylic acids is 2. The summed E-state index contributed by atoms with van der Waals surface area (Å²) in [6.07, 6.45) is 1.22. The van der Waals surface area contributed by atoms with Crippen LogP contribution in [0, 0.1) is 11.3 Å². The van der Waals surface area contributed by atoms with Crippen LogP contribution < -0.4 is 5.32 Å². The van der Waals surface area contributed by atoms with Crippen LogP contribution in [0.1, 0.15) is 23.0 Å². The molecule has 0 aliphatic carbocycles. The molecule has 1 N–H and O–H groups in total. The molecule has 0 bridgehead atoms. The van der Waals surface area contributed by atoms with Gasteiger partial charge < -0.3 is 19.9 Å². The van der Waals surface area contributed by atoms with Gasteiger partial charge in [-0.3, -0.25) is 9.78 Å². The lowest BCUT2D eigenvalue weighted by Crippen LogP contribution is -2.50. The molecule has 3 rings (SSSR count). The van der Waals surface area contributed by atoms with Crippen LogP contribution in [0.25, 0.3) is 0 Å². The first-order valence-corrected chi connectivity index (χ1v) is 9.05. The van der Waals surface area contributed by atoms with Crippen LogP contribution in [0.2, 0.25) is 0 Å².